The number of nitrogens with one attached hydrogen (secondary N) is 2. The van der Waals surface area contributed by atoms with Crippen molar-refractivity contribution in [3.05, 3.63) is 58.7 Å². The van der Waals surface area contributed by atoms with Crippen LogP contribution in [0.5, 0.6) is 0 Å². The fraction of sp³-hybridized carbons (Fsp3) is 0.211. The topological polar surface area (TPSA) is 62.7 Å². The van der Waals surface area contributed by atoms with Crippen molar-refractivity contribution < 1.29 is 0 Å². The van der Waals surface area contributed by atoms with Gasteiger partial charge >= 0.3 is 0 Å². The minimum Gasteiger partial charge on any atom is -0.352 e. The van der Waals surface area contributed by atoms with E-state index in [0.29, 0.717) is 33.2 Å². The number of anilines is 3. The van der Waals surface area contributed by atoms with Gasteiger partial charge in [0.05, 0.1) is 27.1 Å². The Morgan fingerprint density at radius 3 is 2.42 bits per heavy atom. The predicted molar refractivity (Wildman–Crippen MR) is 108 cm³/mol. The lowest BCUT2D eigenvalue weighted by molar-refractivity contribution is 0.753. The van der Waals surface area contributed by atoms with Gasteiger partial charge in [0, 0.05) is 18.3 Å². The van der Waals surface area contributed by atoms with Gasteiger partial charge in [-0.2, -0.15) is 4.98 Å². The van der Waals surface area contributed by atoms with Crippen LogP contribution in [0, 0.1) is 0 Å². The number of pyridine rings is 1. The first kappa shape index (κ1) is 18.4. The first-order valence-electron chi connectivity index (χ1n) is 8.35. The lowest BCUT2D eigenvalue weighted by Crippen LogP contribution is -2.16. The summed E-state index contributed by atoms with van der Waals surface area (Å²) in [6.07, 6.45) is 2.69. The molecule has 2 N–H and O–H groups in total. The van der Waals surface area contributed by atoms with Crippen LogP contribution in [-0.4, -0.2) is 21.0 Å². The average Bonchev–Trinajstić information content (AvgIpc) is 2.65. The van der Waals surface area contributed by atoms with Crippen LogP contribution in [0.1, 0.15) is 20.3 Å². The average molecular weight is 388 g/mol. The van der Waals surface area contributed by atoms with Crippen LogP contribution in [-0.2, 0) is 0 Å². The van der Waals surface area contributed by atoms with Crippen molar-refractivity contribution in [3.63, 3.8) is 0 Å². The minimum absolute atomic E-state index is 0.241. The summed E-state index contributed by atoms with van der Waals surface area (Å²) < 4.78 is 0. The second-order valence-electron chi connectivity index (χ2n) is 5.85. The number of hydrogen-bond acceptors (Lipinski definition) is 5. The lowest BCUT2D eigenvalue weighted by atomic mass is 10.2. The van der Waals surface area contributed by atoms with Gasteiger partial charge < -0.3 is 10.6 Å². The predicted octanol–water partition coefficient (Wildman–Crippen LogP) is 5.80. The second-order valence-corrected chi connectivity index (χ2v) is 6.67. The molecule has 5 nitrogen and oxygen atoms in total. The molecule has 3 aromatic rings. The fourth-order valence-corrected chi connectivity index (χ4v) is 2.78. The lowest BCUT2D eigenvalue weighted by Gasteiger charge is -2.15. The Kier molecular flexibility index (Phi) is 5.91. The van der Waals surface area contributed by atoms with Gasteiger partial charge in [-0.15, -0.1) is 0 Å². The zero-order chi connectivity index (χ0) is 18.5. The van der Waals surface area contributed by atoms with E-state index in [4.69, 9.17) is 23.2 Å². The first-order valence-corrected chi connectivity index (χ1v) is 9.10. The maximum absolute atomic E-state index is 6.26. The van der Waals surface area contributed by atoms with Gasteiger partial charge in [0.2, 0.25) is 5.95 Å². The number of halogens is 2. The number of rotatable bonds is 6. The third-order valence-corrected chi connectivity index (χ3v) is 4.49. The van der Waals surface area contributed by atoms with E-state index in [9.17, 15) is 0 Å². The monoisotopic (exact) mass is 387 g/mol. The molecule has 7 heteroatoms. The van der Waals surface area contributed by atoms with Crippen LogP contribution < -0.4 is 10.6 Å². The Bertz CT molecular complexity index is 866. The van der Waals surface area contributed by atoms with Crippen LogP contribution >= 0.6 is 23.2 Å². The number of hydrogen-bond donors (Lipinski definition) is 2. The summed E-state index contributed by atoms with van der Waals surface area (Å²) in [6, 6.07) is 13.1. The molecule has 0 radical (unpaired) electrons. The molecule has 0 fully saturated rings. The molecule has 1 atom stereocenters. The first-order chi connectivity index (χ1) is 12.6. The standard InChI is InChI=1S/C19H19Cl2N5/c1-3-12(2)23-19-24-16(15-9-4-5-10-22-15)11-17(26-19)25-18-13(20)7-6-8-14(18)21/h4-12H,3H2,1-2H3,(H2,23,24,25,26)/t12-/m0/s1. The van der Waals surface area contributed by atoms with Gasteiger partial charge in [-0.25, -0.2) is 4.98 Å². The molecular weight excluding hydrogens is 369 g/mol. The molecule has 26 heavy (non-hydrogen) atoms. The smallest absolute Gasteiger partial charge is 0.225 e. The van der Waals surface area contributed by atoms with Gasteiger partial charge in [0.1, 0.15) is 5.82 Å². The summed E-state index contributed by atoms with van der Waals surface area (Å²) in [4.78, 5) is 13.5. The summed E-state index contributed by atoms with van der Waals surface area (Å²) in [5.74, 6) is 1.11. The van der Waals surface area contributed by atoms with E-state index in [1.807, 2.05) is 24.3 Å². The van der Waals surface area contributed by atoms with Gasteiger partial charge in [0.15, 0.2) is 0 Å². The van der Waals surface area contributed by atoms with Crippen LogP contribution in [0.15, 0.2) is 48.7 Å². The highest BCUT2D eigenvalue weighted by Gasteiger charge is 2.12. The van der Waals surface area contributed by atoms with Crippen molar-refractivity contribution in [1.82, 2.24) is 15.0 Å². The molecule has 2 aromatic heterocycles. The van der Waals surface area contributed by atoms with E-state index in [0.717, 1.165) is 12.1 Å². The Morgan fingerprint density at radius 1 is 1.00 bits per heavy atom. The molecule has 0 saturated carbocycles. The summed E-state index contributed by atoms with van der Waals surface area (Å²) in [5, 5.41) is 7.54. The molecule has 0 saturated heterocycles. The van der Waals surface area contributed by atoms with Crippen molar-refractivity contribution >= 4 is 40.7 Å². The molecule has 0 aliphatic rings. The van der Waals surface area contributed by atoms with E-state index in [-0.39, 0.29) is 6.04 Å². The second kappa shape index (κ2) is 8.34. The Morgan fingerprint density at radius 2 is 1.77 bits per heavy atom. The summed E-state index contributed by atoms with van der Waals surface area (Å²) in [6.45, 7) is 4.18. The molecule has 0 aliphatic carbocycles. The highest BCUT2D eigenvalue weighted by atomic mass is 35.5. The summed E-state index contributed by atoms with van der Waals surface area (Å²) in [7, 11) is 0. The van der Waals surface area contributed by atoms with Gasteiger partial charge in [-0.3, -0.25) is 4.98 Å². The van der Waals surface area contributed by atoms with E-state index >= 15 is 0 Å². The van der Waals surface area contributed by atoms with E-state index < -0.39 is 0 Å². The Balaban J connectivity index is 2.02. The SMILES string of the molecule is CC[C@H](C)Nc1nc(Nc2c(Cl)cccc2Cl)cc(-c2ccccn2)n1. The van der Waals surface area contributed by atoms with Crippen LogP contribution in [0.2, 0.25) is 10.0 Å². The largest absolute Gasteiger partial charge is 0.352 e. The molecule has 1 aromatic carbocycles. The van der Waals surface area contributed by atoms with Crippen molar-refractivity contribution in [2.45, 2.75) is 26.3 Å². The van der Waals surface area contributed by atoms with E-state index in [1.54, 1.807) is 24.4 Å². The quantitative estimate of drug-likeness (QED) is 0.559. The number of nitrogens with zero attached hydrogens (tertiary/aromatic N) is 3. The van der Waals surface area contributed by atoms with Crippen molar-refractivity contribution in [1.29, 1.82) is 0 Å². The molecule has 0 amide bonds. The van der Waals surface area contributed by atoms with Crippen LogP contribution in [0.4, 0.5) is 17.5 Å². The van der Waals surface area contributed by atoms with Crippen molar-refractivity contribution in [2.24, 2.45) is 0 Å². The Hall–Kier alpha value is -2.37. The normalized spacial score (nSPS) is 11.8. The van der Waals surface area contributed by atoms with Crippen LogP contribution in [0.3, 0.4) is 0 Å². The highest BCUT2D eigenvalue weighted by molar-refractivity contribution is 6.39. The zero-order valence-electron chi connectivity index (χ0n) is 14.5. The summed E-state index contributed by atoms with van der Waals surface area (Å²) in [5.41, 5.74) is 2.07. The highest BCUT2D eigenvalue weighted by Crippen LogP contribution is 2.33. The molecular formula is C19H19Cl2N5. The Labute approximate surface area is 162 Å². The zero-order valence-corrected chi connectivity index (χ0v) is 16.0. The third-order valence-electron chi connectivity index (χ3n) is 3.86. The van der Waals surface area contributed by atoms with Crippen molar-refractivity contribution in [3.8, 4) is 11.4 Å². The summed E-state index contributed by atoms with van der Waals surface area (Å²) >= 11 is 12.5. The molecule has 134 valence electrons. The third kappa shape index (κ3) is 4.42. The maximum atomic E-state index is 6.26. The van der Waals surface area contributed by atoms with E-state index in [2.05, 4.69) is 39.4 Å². The minimum atomic E-state index is 0.241. The molecule has 0 spiro atoms. The number of para-hydroxylation sites is 1. The van der Waals surface area contributed by atoms with Gasteiger partial charge in [-0.1, -0.05) is 42.3 Å². The fourth-order valence-electron chi connectivity index (χ4n) is 2.29. The van der Waals surface area contributed by atoms with Crippen LogP contribution in [0.25, 0.3) is 11.4 Å². The molecule has 0 unspecified atom stereocenters. The number of aromatic nitrogens is 3. The van der Waals surface area contributed by atoms with E-state index in [1.165, 1.54) is 0 Å². The number of benzene rings is 1. The molecule has 3 rings (SSSR count). The molecule has 2 heterocycles. The van der Waals surface area contributed by atoms with Gasteiger partial charge in [0.25, 0.3) is 0 Å². The van der Waals surface area contributed by atoms with Crippen molar-refractivity contribution in [2.75, 3.05) is 10.6 Å². The maximum Gasteiger partial charge on any atom is 0.225 e. The molecule has 0 aliphatic heterocycles. The molecule has 0 bridgehead atoms. The van der Waals surface area contributed by atoms with Gasteiger partial charge in [-0.05, 0) is 37.6 Å².